The molecule has 3 aromatic rings. The Balaban J connectivity index is 1.37. The van der Waals surface area contributed by atoms with Gasteiger partial charge in [-0.25, -0.2) is 0 Å². The molecule has 2 saturated heterocycles. The van der Waals surface area contributed by atoms with Crippen LogP contribution in [0.25, 0.3) is 0 Å². The van der Waals surface area contributed by atoms with Crippen LogP contribution < -0.4 is 5.32 Å². The standard InChI is InChI=1S/C26H27N3O6/c1-18-5-2-6-19(15-18)24(31)29-21(23(30)27-16-20-7-3-13-33-20)17-35-26(29)9-11-28(12-10-26)25(32)22-8-4-14-34-22/h2-8,13-15,21H,9-12,16-17H2,1H3,(H,27,30)/t21-/m1/s1. The van der Waals surface area contributed by atoms with E-state index >= 15 is 0 Å². The predicted octanol–water partition coefficient (Wildman–Crippen LogP) is 2.97. The molecule has 4 heterocycles. The zero-order valence-electron chi connectivity index (χ0n) is 19.4. The number of aryl methyl sites for hydroxylation is 1. The summed E-state index contributed by atoms with van der Waals surface area (Å²) < 4.78 is 16.8. The Labute approximate surface area is 202 Å². The Hall–Kier alpha value is -3.85. The summed E-state index contributed by atoms with van der Waals surface area (Å²) in [6.07, 6.45) is 3.78. The van der Waals surface area contributed by atoms with Crippen LogP contribution in [0.3, 0.4) is 0 Å². The van der Waals surface area contributed by atoms with Crippen molar-refractivity contribution in [2.75, 3.05) is 19.7 Å². The van der Waals surface area contributed by atoms with E-state index in [-0.39, 0.29) is 36.6 Å². The van der Waals surface area contributed by atoms with E-state index in [2.05, 4.69) is 5.32 Å². The van der Waals surface area contributed by atoms with E-state index in [1.807, 2.05) is 25.1 Å². The number of nitrogens with zero attached hydrogens (tertiary/aromatic N) is 2. The molecule has 1 aromatic carbocycles. The Morgan fingerprint density at radius 3 is 2.46 bits per heavy atom. The minimum atomic E-state index is -0.979. The molecule has 2 aliphatic rings. The molecule has 2 fully saturated rings. The lowest BCUT2D eigenvalue weighted by Gasteiger charge is -2.44. The first-order valence-electron chi connectivity index (χ1n) is 11.6. The van der Waals surface area contributed by atoms with Gasteiger partial charge in [0.2, 0.25) is 5.91 Å². The van der Waals surface area contributed by atoms with Gasteiger partial charge in [0.15, 0.2) is 5.76 Å². The smallest absolute Gasteiger partial charge is 0.289 e. The molecule has 9 heteroatoms. The van der Waals surface area contributed by atoms with Crippen LogP contribution in [0.1, 0.15) is 45.1 Å². The number of benzene rings is 1. The largest absolute Gasteiger partial charge is 0.467 e. The summed E-state index contributed by atoms with van der Waals surface area (Å²) in [4.78, 5) is 43.0. The molecule has 2 aromatic heterocycles. The second kappa shape index (κ2) is 9.42. The molecule has 0 aliphatic carbocycles. The van der Waals surface area contributed by atoms with Crippen molar-refractivity contribution in [2.45, 2.75) is 38.1 Å². The van der Waals surface area contributed by atoms with Crippen molar-refractivity contribution in [3.63, 3.8) is 0 Å². The lowest BCUT2D eigenvalue weighted by atomic mass is 9.96. The number of hydrogen-bond donors (Lipinski definition) is 1. The fraction of sp³-hybridized carbons (Fsp3) is 0.346. The fourth-order valence-corrected chi connectivity index (χ4v) is 4.80. The van der Waals surface area contributed by atoms with Crippen LogP contribution >= 0.6 is 0 Å². The molecule has 0 unspecified atom stereocenters. The van der Waals surface area contributed by atoms with E-state index in [0.717, 1.165) is 5.56 Å². The van der Waals surface area contributed by atoms with Crippen molar-refractivity contribution >= 4 is 17.7 Å². The quantitative estimate of drug-likeness (QED) is 0.606. The number of rotatable bonds is 5. The highest BCUT2D eigenvalue weighted by Crippen LogP contribution is 2.39. The van der Waals surface area contributed by atoms with Crippen molar-refractivity contribution in [2.24, 2.45) is 0 Å². The number of likely N-dealkylation sites (tertiary alicyclic amines) is 1. The van der Waals surface area contributed by atoms with Gasteiger partial charge in [-0.15, -0.1) is 0 Å². The van der Waals surface area contributed by atoms with E-state index in [0.29, 0.717) is 37.3 Å². The molecule has 182 valence electrons. The fourth-order valence-electron chi connectivity index (χ4n) is 4.80. The van der Waals surface area contributed by atoms with E-state index in [9.17, 15) is 14.4 Å². The van der Waals surface area contributed by atoms with Gasteiger partial charge in [0, 0.05) is 31.5 Å². The van der Waals surface area contributed by atoms with Crippen molar-refractivity contribution < 1.29 is 28.0 Å². The first-order valence-corrected chi connectivity index (χ1v) is 11.6. The molecule has 1 atom stereocenters. The molecule has 2 aliphatic heterocycles. The van der Waals surface area contributed by atoms with Gasteiger partial charge >= 0.3 is 0 Å². The van der Waals surface area contributed by atoms with Gasteiger partial charge in [-0.3, -0.25) is 19.3 Å². The Morgan fingerprint density at radius 2 is 1.77 bits per heavy atom. The molecule has 9 nitrogen and oxygen atoms in total. The number of carbonyl (C=O) groups is 3. The third kappa shape index (κ3) is 4.46. The monoisotopic (exact) mass is 477 g/mol. The Kier molecular flexibility index (Phi) is 6.17. The minimum Gasteiger partial charge on any atom is -0.467 e. The predicted molar refractivity (Wildman–Crippen MR) is 124 cm³/mol. The van der Waals surface area contributed by atoms with Crippen LogP contribution in [0.15, 0.2) is 69.9 Å². The van der Waals surface area contributed by atoms with Crippen molar-refractivity contribution in [3.8, 4) is 0 Å². The molecule has 3 amide bonds. The van der Waals surface area contributed by atoms with Crippen LogP contribution in [0.2, 0.25) is 0 Å². The molecular weight excluding hydrogens is 450 g/mol. The highest BCUT2D eigenvalue weighted by atomic mass is 16.5. The molecule has 1 spiro atoms. The molecule has 35 heavy (non-hydrogen) atoms. The van der Waals surface area contributed by atoms with Crippen molar-refractivity contribution in [1.29, 1.82) is 0 Å². The van der Waals surface area contributed by atoms with Gasteiger partial charge < -0.3 is 23.8 Å². The number of nitrogens with one attached hydrogen (secondary N) is 1. The van der Waals surface area contributed by atoms with E-state index < -0.39 is 11.8 Å². The van der Waals surface area contributed by atoms with Gasteiger partial charge in [-0.05, 0) is 43.3 Å². The van der Waals surface area contributed by atoms with Crippen LogP contribution in [0.5, 0.6) is 0 Å². The topological polar surface area (TPSA) is 105 Å². The normalized spacial score (nSPS) is 19.2. The number of hydrogen-bond acceptors (Lipinski definition) is 6. The van der Waals surface area contributed by atoms with Crippen LogP contribution in [-0.2, 0) is 16.1 Å². The summed E-state index contributed by atoms with van der Waals surface area (Å²) in [7, 11) is 0. The number of carbonyl (C=O) groups excluding carboxylic acids is 3. The lowest BCUT2D eigenvalue weighted by Crippen LogP contribution is -2.59. The van der Waals surface area contributed by atoms with Gasteiger partial charge in [0.05, 0.1) is 25.7 Å². The Morgan fingerprint density at radius 1 is 1.00 bits per heavy atom. The number of piperidine rings is 1. The SMILES string of the molecule is Cc1cccc(C(=O)N2[C@@H](C(=O)NCc3ccco3)COC23CCN(C(=O)c2ccco2)CC3)c1. The summed E-state index contributed by atoms with van der Waals surface area (Å²) >= 11 is 0. The molecule has 0 bridgehead atoms. The van der Waals surface area contributed by atoms with E-state index in [4.69, 9.17) is 13.6 Å². The molecule has 5 rings (SSSR count). The molecule has 0 saturated carbocycles. The van der Waals surface area contributed by atoms with Crippen molar-refractivity contribution in [1.82, 2.24) is 15.1 Å². The third-order valence-corrected chi connectivity index (χ3v) is 6.63. The maximum Gasteiger partial charge on any atom is 0.289 e. The summed E-state index contributed by atoms with van der Waals surface area (Å²) in [6, 6.07) is 13.3. The number of furan rings is 2. The first kappa shape index (κ1) is 22.9. The zero-order chi connectivity index (χ0) is 24.4. The first-order chi connectivity index (χ1) is 17.0. The summed E-state index contributed by atoms with van der Waals surface area (Å²) in [5, 5.41) is 2.86. The van der Waals surface area contributed by atoms with E-state index in [1.165, 1.54) is 6.26 Å². The van der Waals surface area contributed by atoms with Crippen LogP contribution in [0.4, 0.5) is 0 Å². The highest BCUT2D eigenvalue weighted by molar-refractivity contribution is 5.98. The van der Waals surface area contributed by atoms with Crippen LogP contribution in [0, 0.1) is 6.92 Å². The zero-order valence-corrected chi connectivity index (χ0v) is 19.4. The van der Waals surface area contributed by atoms with Gasteiger partial charge in [-0.2, -0.15) is 0 Å². The second-order valence-electron chi connectivity index (χ2n) is 8.88. The summed E-state index contributed by atoms with van der Waals surface area (Å²) in [6.45, 7) is 2.95. The highest BCUT2D eigenvalue weighted by Gasteiger charge is 2.54. The average molecular weight is 478 g/mol. The number of amides is 3. The Bertz CT molecular complexity index is 1200. The summed E-state index contributed by atoms with van der Waals surface area (Å²) in [5.41, 5.74) is 0.462. The maximum absolute atomic E-state index is 13.8. The lowest BCUT2D eigenvalue weighted by molar-refractivity contribution is -0.128. The summed E-state index contributed by atoms with van der Waals surface area (Å²) in [5.74, 6) is 0.111. The van der Waals surface area contributed by atoms with Crippen molar-refractivity contribution in [3.05, 3.63) is 83.7 Å². The minimum absolute atomic E-state index is 0.0771. The second-order valence-corrected chi connectivity index (χ2v) is 8.88. The van der Waals surface area contributed by atoms with Crippen LogP contribution in [-0.4, -0.2) is 59.0 Å². The molecule has 1 N–H and O–H groups in total. The molecular formula is C26H27N3O6. The number of ether oxygens (including phenoxy) is 1. The third-order valence-electron chi connectivity index (χ3n) is 6.63. The van der Waals surface area contributed by atoms with Gasteiger partial charge in [0.1, 0.15) is 17.5 Å². The van der Waals surface area contributed by atoms with Gasteiger partial charge in [-0.1, -0.05) is 17.7 Å². The van der Waals surface area contributed by atoms with Gasteiger partial charge in [0.25, 0.3) is 11.8 Å². The van der Waals surface area contributed by atoms with E-state index in [1.54, 1.807) is 46.4 Å². The molecule has 0 radical (unpaired) electrons. The average Bonchev–Trinajstić information content (AvgIpc) is 3.64. The maximum atomic E-state index is 13.8.